The van der Waals surface area contributed by atoms with Crippen molar-refractivity contribution in [3.63, 3.8) is 0 Å². The van der Waals surface area contributed by atoms with Crippen molar-refractivity contribution in [2.24, 2.45) is 0 Å². The van der Waals surface area contributed by atoms with Crippen molar-refractivity contribution in [3.05, 3.63) is 39.8 Å². The van der Waals surface area contributed by atoms with Crippen molar-refractivity contribution in [3.8, 4) is 11.3 Å². The maximum atomic E-state index is 5.26. The van der Waals surface area contributed by atoms with Gasteiger partial charge in [0.25, 0.3) is 0 Å². The number of hydrogen-bond donors (Lipinski definition) is 1. The van der Waals surface area contributed by atoms with E-state index in [1.54, 1.807) is 25.6 Å². The van der Waals surface area contributed by atoms with Gasteiger partial charge < -0.3 is 9.47 Å². The van der Waals surface area contributed by atoms with Gasteiger partial charge in [-0.15, -0.1) is 11.3 Å². The molecule has 2 aromatic heterocycles. The molecule has 0 atom stereocenters. The molecule has 1 aromatic carbocycles. The van der Waals surface area contributed by atoms with Gasteiger partial charge in [-0.1, -0.05) is 18.2 Å². The van der Waals surface area contributed by atoms with Crippen molar-refractivity contribution in [2.75, 3.05) is 14.2 Å². The fourth-order valence-corrected chi connectivity index (χ4v) is 3.69. The molecule has 0 aliphatic rings. The monoisotopic (exact) mass is 352 g/mol. The largest absolute Gasteiger partial charge is 0.350 e. The van der Waals surface area contributed by atoms with Gasteiger partial charge in [0, 0.05) is 35.2 Å². The van der Waals surface area contributed by atoms with E-state index in [2.05, 4.69) is 43.6 Å². The van der Waals surface area contributed by atoms with Crippen molar-refractivity contribution >= 4 is 37.4 Å². The summed E-state index contributed by atoms with van der Waals surface area (Å²) in [4.78, 5) is 0. The van der Waals surface area contributed by atoms with E-state index in [4.69, 9.17) is 9.47 Å². The van der Waals surface area contributed by atoms with Crippen LogP contribution in [0.4, 0.5) is 0 Å². The van der Waals surface area contributed by atoms with Crippen molar-refractivity contribution in [2.45, 2.75) is 6.29 Å². The van der Waals surface area contributed by atoms with Gasteiger partial charge in [0.15, 0.2) is 0 Å². The number of hydrogen-bond acceptors (Lipinski definition) is 4. The Morgan fingerprint density at radius 1 is 1.25 bits per heavy atom. The number of nitrogens with one attached hydrogen (secondary N) is 1. The first-order chi connectivity index (χ1) is 9.76. The van der Waals surface area contributed by atoms with Crippen LogP contribution in [0, 0.1) is 0 Å². The highest BCUT2D eigenvalue weighted by Gasteiger charge is 2.21. The smallest absolute Gasteiger partial charge is 0.201 e. The zero-order valence-corrected chi connectivity index (χ0v) is 13.4. The van der Waals surface area contributed by atoms with Crippen molar-refractivity contribution < 1.29 is 9.47 Å². The van der Waals surface area contributed by atoms with Crippen molar-refractivity contribution in [1.29, 1.82) is 0 Å². The second kappa shape index (κ2) is 5.65. The van der Waals surface area contributed by atoms with Gasteiger partial charge >= 0.3 is 0 Å². The molecule has 3 rings (SSSR count). The van der Waals surface area contributed by atoms with Crippen LogP contribution in [0.15, 0.2) is 34.1 Å². The lowest BCUT2D eigenvalue weighted by Gasteiger charge is -2.11. The summed E-state index contributed by atoms with van der Waals surface area (Å²) in [7, 11) is 3.20. The van der Waals surface area contributed by atoms with Gasteiger partial charge in [-0.2, -0.15) is 5.10 Å². The number of H-pyrrole nitrogens is 1. The lowest BCUT2D eigenvalue weighted by atomic mass is 10.1. The number of methoxy groups -OCH3 is 2. The van der Waals surface area contributed by atoms with Crippen LogP contribution in [-0.4, -0.2) is 24.4 Å². The van der Waals surface area contributed by atoms with Gasteiger partial charge in [0.2, 0.25) is 6.29 Å². The molecule has 0 spiro atoms. The third-order valence-corrected chi connectivity index (χ3v) is 4.90. The average Bonchev–Trinajstić information content (AvgIpc) is 3.05. The van der Waals surface area contributed by atoms with Crippen LogP contribution >= 0.6 is 27.3 Å². The highest BCUT2D eigenvalue weighted by molar-refractivity contribution is 9.10. The molecule has 0 bridgehead atoms. The normalized spacial score (nSPS) is 11.6. The molecule has 20 heavy (non-hydrogen) atoms. The quantitative estimate of drug-likeness (QED) is 0.710. The van der Waals surface area contributed by atoms with E-state index in [0.29, 0.717) is 0 Å². The predicted molar refractivity (Wildman–Crippen MR) is 83.9 cm³/mol. The number of halogens is 1. The Labute approximate surface area is 128 Å². The van der Waals surface area contributed by atoms with Crippen LogP contribution in [0.3, 0.4) is 0 Å². The minimum absolute atomic E-state index is 0.462. The molecule has 0 aliphatic carbocycles. The van der Waals surface area contributed by atoms with E-state index in [1.807, 2.05) is 12.1 Å². The molecule has 0 amide bonds. The molecular weight excluding hydrogens is 340 g/mol. The van der Waals surface area contributed by atoms with Gasteiger partial charge in [0.1, 0.15) is 11.4 Å². The number of aromatic nitrogens is 2. The third kappa shape index (κ3) is 2.18. The minimum Gasteiger partial charge on any atom is -0.350 e. The number of nitrogens with zero attached hydrogens (tertiary/aromatic N) is 1. The van der Waals surface area contributed by atoms with Crippen LogP contribution in [0.1, 0.15) is 12.0 Å². The van der Waals surface area contributed by atoms with Crippen molar-refractivity contribution in [1.82, 2.24) is 10.2 Å². The Hall–Kier alpha value is -1.21. The standard InChI is InChI=1S/C14H13BrN2O2S/c1-18-14(19-2)13-11(15)12(16-17-13)9-7-20-10-6-4-3-5-8(9)10/h3-7,14H,1-2H3,(H,16,17). The van der Waals surface area contributed by atoms with E-state index in [0.717, 1.165) is 21.4 Å². The van der Waals surface area contributed by atoms with E-state index >= 15 is 0 Å². The van der Waals surface area contributed by atoms with Gasteiger partial charge in [-0.05, 0) is 22.0 Å². The molecule has 0 fully saturated rings. The molecule has 0 saturated carbocycles. The molecule has 2 heterocycles. The fourth-order valence-electron chi connectivity index (χ4n) is 2.17. The summed E-state index contributed by atoms with van der Waals surface area (Å²) in [5, 5.41) is 10.7. The summed E-state index contributed by atoms with van der Waals surface area (Å²) in [5.74, 6) is 0. The molecule has 104 valence electrons. The molecule has 1 N–H and O–H groups in total. The average molecular weight is 353 g/mol. The number of fused-ring (bicyclic) bond motifs is 1. The predicted octanol–water partition coefficient (Wildman–Crippen LogP) is 4.35. The summed E-state index contributed by atoms with van der Waals surface area (Å²) in [6, 6.07) is 8.29. The molecule has 0 radical (unpaired) electrons. The van der Waals surface area contributed by atoms with Crippen LogP contribution in [0.5, 0.6) is 0 Å². The highest BCUT2D eigenvalue weighted by atomic mass is 79.9. The highest BCUT2D eigenvalue weighted by Crippen LogP contribution is 2.39. The SMILES string of the molecule is COC(OC)c1[nH]nc(-c2csc3ccccc23)c1Br. The summed E-state index contributed by atoms with van der Waals surface area (Å²) in [6.45, 7) is 0. The Kier molecular flexibility index (Phi) is 3.89. The second-order valence-corrected chi connectivity index (χ2v) is 5.95. The Morgan fingerprint density at radius 3 is 2.75 bits per heavy atom. The second-order valence-electron chi connectivity index (χ2n) is 4.25. The number of rotatable bonds is 4. The van der Waals surface area contributed by atoms with Crippen LogP contribution < -0.4 is 0 Å². The van der Waals surface area contributed by atoms with Crippen LogP contribution in [0.25, 0.3) is 21.3 Å². The first-order valence-electron chi connectivity index (χ1n) is 6.02. The number of benzene rings is 1. The molecule has 4 nitrogen and oxygen atoms in total. The molecule has 0 aliphatic heterocycles. The van der Waals surface area contributed by atoms with E-state index in [1.165, 1.54) is 10.1 Å². The Morgan fingerprint density at radius 2 is 2.00 bits per heavy atom. The molecule has 0 unspecified atom stereocenters. The first kappa shape index (κ1) is 13.8. The third-order valence-electron chi connectivity index (χ3n) is 3.13. The number of thiophene rings is 1. The zero-order chi connectivity index (χ0) is 14.1. The lowest BCUT2D eigenvalue weighted by molar-refractivity contribution is -0.109. The van der Waals surface area contributed by atoms with Gasteiger partial charge in [0.05, 0.1) is 4.47 Å². The van der Waals surface area contributed by atoms with Gasteiger partial charge in [-0.25, -0.2) is 0 Å². The molecular formula is C14H13BrN2O2S. The topological polar surface area (TPSA) is 47.1 Å². The summed E-state index contributed by atoms with van der Waals surface area (Å²) in [6.07, 6.45) is -0.462. The summed E-state index contributed by atoms with van der Waals surface area (Å²) >= 11 is 5.30. The molecule has 3 aromatic rings. The Balaban J connectivity index is 2.11. The van der Waals surface area contributed by atoms with E-state index in [9.17, 15) is 0 Å². The van der Waals surface area contributed by atoms with Gasteiger partial charge in [-0.3, -0.25) is 5.10 Å². The van der Waals surface area contributed by atoms with E-state index < -0.39 is 6.29 Å². The first-order valence-corrected chi connectivity index (χ1v) is 7.69. The number of aromatic amines is 1. The molecule has 0 saturated heterocycles. The summed E-state index contributed by atoms with van der Waals surface area (Å²) < 4.78 is 12.6. The number of ether oxygens (including phenoxy) is 2. The Bertz CT molecular complexity index is 734. The zero-order valence-electron chi connectivity index (χ0n) is 11.0. The van der Waals surface area contributed by atoms with Crippen LogP contribution in [-0.2, 0) is 9.47 Å². The maximum absolute atomic E-state index is 5.26. The molecule has 6 heteroatoms. The van der Waals surface area contributed by atoms with Crippen LogP contribution in [0.2, 0.25) is 0 Å². The lowest BCUT2D eigenvalue weighted by Crippen LogP contribution is -2.04. The van der Waals surface area contributed by atoms with E-state index in [-0.39, 0.29) is 0 Å². The summed E-state index contributed by atoms with van der Waals surface area (Å²) in [5.41, 5.74) is 2.75. The minimum atomic E-state index is -0.462. The fraction of sp³-hybridized carbons (Fsp3) is 0.214. The maximum Gasteiger partial charge on any atom is 0.201 e.